The zero-order valence-corrected chi connectivity index (χ0v) is 18.4. The molecule has 3 heteroatoms. The Bertz CT molecular complexity index is 964. The van der Waals surface area contributed by atoms with Crippen molar-refractivity contribution in [2.75, 3.05) is 0 Å². The summed E-state index contributed by atoms with van der Waals surface area (Å²) in [6.07, 6.45) is 9.40. The molecule has 0 N–H and O–H groups in total. The van der Waals surface area contributed by atoms with E-state index in [9.17, 15) is 4.79 Å². The van der Waals surface area contributed by atoms with Crippen LogP contribution in [0, 0.1) is 28.6 Å². The lowest BCUT2D eigenvalue weighted by molar-refractivity contribution is -0.134. The van der Waals surface area contributed by atoms with Crippen LogP contribution in [0.25, 0.3) is 10.6 Å². The minimum absolute atomic E-state index is 0.00480. The van der Waals surface area contributed by atoms with E-state index in [0.717, 1.165) is 37.5 Å². The molecule has 6 rings (SSSR count). The first-order chi connectivity index (χ1) is 14.0. The maximum Gasteiger partial charge on any atom is 0.139 e. The molecule has 2 nitrogen and oxygen atoms in total. The number of hydrogen-bond donors (Lipinski definition) is 0. The predicted molar refractivity (Wildman–Crippen MR) is 118 cm³/mol. The molecule has 1 unspecified atom stereocenters. The van der Waals surface area contributed by atoms with Crippen molar-refractivity contribution in [3.63, 3.8) is 0 Å². The summed E-state index contributed by atoms with van der Waals surface area (Å²) in [6, 6.07) is 10.7. The molecule has 1 aromatic carbocycles. The molecule has 0 aliphatic heterocycles. The number of carbonyl (C=O) groups is 1. The van der Waals surface area contributed by atoms with Gasteiger partial charge >= 0.3 is 0 Å². The summed E-state index contributed by atoms with van der Waals surface area (Å²) in [5.74, 6) is 3.44. The summed E-state index contributed by atoms with van der Waals surface area (Å²) in [4.78, 5) is 19.3. The molecular formula is C26H31NOS. The second-order valence-electron chi connectivity index (χ2n) is 10.6. The van der Waals surface area contributed by atoms with Crippen molar-refractivity contribution in [2.24, 2.45) is 28.6 Å². The minimum atomic E-state index is -0.00480. The Morgan fingerprint density at radius 2 is 1.79 bits per heavy atom. The molecule has 2 aromatic rings. The van der Waals surface area contributed by atoms with E-state index in [0.29, 0.717) is 23.0 Å². The van der Waals surface area contributed by atoms with E-state index in [1.807, 2.05) is 11.3 Å². The van der Waals surface area contributed by atoms with Crippen LogP contribution in [0.15, 0.2) is 30.3 Å². The van der Waals surface area contributed by atoms with Crippen LogP contribution in [0.2, 0.25) is 0 Å². The number of carbonyl (C=O) groups excluding carboxylic acids is 1. The Labute approximate surface area is 178 Å². The summed E-state index contributed by atoms with van der Waals surface area (Å²) in [7, 11) is 0. The van der Waals surface area contributed by atoms with E-state index < -0.39 is 0 Å². The molecule has 29 heavy (non-hydrogen) atoms. The fourth-order valence-electron chi connectivity index (χ4n) is 7.92. The number of aromatic nitrogens is 1. The smallest absolute Gasteiger partial charge is 0.139 e. The second-order valence-corrected chi connectivity index (χ2v) is 11.7. The number of rotatable bonds is 1. The van der Waals surface area contributed by atoms with Gasteiger partial charge < -0.3 is 0 Å². The summed E-state index contributed by atoms with van der Waals surface area (Å²) < 4.78 is 0. The Morgan fingerprint density at radius 3 is 2.62 bits per heavy atom. The van der Waals surface area contributed by atoms with Crippen LogP contribution in [-0.4, -0.2) is 10.8 Å². The Balaban J connectivity index is 1.35. The molecule has 1 aromatic heterocycles. The number of nitrogens with zero attached hydrogens (tertiary/aromatic N) is 1. The van der Waals surface area contributed by atoms with Crippen molar-refractivity contribution in [3.05, 3.63) is 40.9 Å². The van der Waals surface area contributed by atoms with Crippen LogP contribution < -0.4 is 0 Å². The van der Waals surface area contributed by atoms with Gasteiger partial charge in [0.2, 0.25) is 0 Å². The van der Waals surface area contributed by atoms with Gasteiger partial charge in [0.15, 0.2) is 0 Å². The highest BCUT2D eigenvalue weighted by Gasteiger charge is 2.60. The number of hydrogen-bond acceptors (Lipinski definition) is 3. The lowest BCUT2D eigenvalue weighted by Gasteiger charge is -2.59. The number of aryl methyl sites for hydroxylation is 1. The Morgan fingerprint density at radius 1 is 0.966 bits per heavy atom. The van der Waals surface area contributed by atoms with Crippen LogP contribution >= 0.6 is 11.3 Å². The first-order valence-electron chi connectivity index (χ1n) is 11.6. The topological polar surface area (TPSA) is 30.0 Å². The highest BCUT2D eigenvalue weighted by Crippen LogP contribution is 2.67. The molecule has 0 spiro atoms. The van der Waals surface area contributed by atoms with Gasteiger partial charge in [0.25, 0.3) is 0 Å². The van der Waals surface area contributed by atoms with E-state index >= 15 is 0 Å². The van der Waals surface area contributed by atoms with Crippen LogP contribution in [-0.2, 0) is 11.2 Å². The Hall–Kier alpha value is -1.48. The van der Waals surface area contributed by atoms with Gasteiger partial charge in [-0.1, -0.05) is 44.2 Å². The third kappa shape index (κ3) is 2.46. The number of benzene rings is 1. The zero-order valence-electron chi connectivity index (χ0n) is 17.6. The average molecular weight is 406 g/mol. The fraction of sp³-hybridized carbons (Fsp3) is 0.615. The zero-order chi connectivity index (χ0) is 19.8. The summed E-state index contributed by atoms with van der Waals surface area (Å²) in [6.45, 7) is 4.89. The normalized spacial score (nSPS) is 40.7. The molecular weight excluding hydrogens is 374 g/mol. The van der Waals surface area contributed by atoms with Crippen molar-refractivity contribution in [3.8, 4) is 10.6 Å². The Kier molecular flexibility index (Phi) is 3.95. The molecule has 4 aliphatic rings. The minimum Gasteiger partial charge on any atom is -0.299 e. The first kappa shape index (κ1) is 18.3. The second kappa shape index (κ2) is 6.26. The molecule has 0 bridgehead atoms. The maximum atomic E-state index is 12.7. The van der Waals surface area contributed by atoms with Gasteiger partial charge in [-0.3, -0.25) is 4.79 Å². The van der Waals surface area contributed by atoms with Crippen LogP contribution in [0.1, 0.15) is 75.3 Å². The standard InChI is InChI=1S/C26H31NOS/c1-25-15-13-21-23(29-24(27-21)16-6-4-3-5-7-16)20(25)9-8-17-18-10-11-22(28)26(18,2)14-12-19(17)25/h3-7,17-20H,8-15H2,1-2H3/t17-,18-,19-,20?,25+,26-/m0/s1. The van der Waals surface area contributed by atoms with Gasteiger partial charge in [0.1, 0.15) is 10.8 Å². The lowest BCUT2D eigenvalue weighted by Crippen LogP contribution is -2.52. The number of ketones is 1. The quantitative estimate of drug-likeness (QED) is 0.531. The van der Waals surface area contributed by atoms with Gasteiger partial charge in [0.05, 0.1) is 5.69 Å². The van der Waals surface area contributed by atoms with E-state index in [4.69, 9.17) is 4.98 Å². The maximum absolute atomic E-state index is 12.7. The molecule has 152 valence electrons. The third-order valence-electron chi connectivity index (χ3n) is 9.54. The van der Waals surface area contributed by atoms with Crippen molar-refractivity contribution in [1.82, 2.24) is 4.98 Å². The van der Waals surface area contributed by atoms with Gasteiger partial charge in [-0.25, -0.2) is 4.98 Å². The monoisotopic (exact) mass is 405 g/mol. The number of Topliss-reactive ketones (excluding diaryl/α,β-unsaturated/α-hetero) is 1. The lowest BCUT2D eigenvalue weighted by atomic mass is 9.46. The summed E-state index contributed by atoms with van der Waals surface area (Å²) in [5, 5.41) is 1.21. The largest absolute Gasteiger partial charge is 0.299 e. The van der Waals surface area contributed by atoms with Gasteiger partial charge in [0, 0.05) is 28.2 Å². The predicted octanol–water partition coefficient (Wildman–Crippen LogP) is 6.65. The number of fused-ring (bicyclic) bond motifs is 7. The highest BCUT2D eigenvalue weighted by molar-refractivity contribution is 7.15. The van der Waals surface area contributed by atoms with Gasteiger partial charge in [-0.2, -0.15) is 0 Å². The van der Waals surface area contributed by atoms with E-state index in [1.165, 1.54) is 41.9 Å². The average Bonchev–Trinajstić information content (AvgIpc) is 3.29. The molecule has 6 atom stereocenters. The van der Waals surface area contributed by atoms with Crippen molar-refractivity contribution < 1.29 is 4.79 Å². The van der Waals surface area contributed by atoms with Crippen LogP contribution in [0.3, 0.4) is 0 Å². The third-order valence-corrected chi connectivity index (χ3v) is 10.8. The molecule has 1 heterocycles. The van der Waals surface area contributed by atoms with E-state index in [2.05, 4.69) is 44.2 Å². The SMILES string of the molecule is C[C@]12CCc3nc(-c4ccccc4)sc3C1CC[C@@H]1[C@@H]2CC[C@]2(C)C(=O)CC[C@@H]12. The van der Waals surface area contributed by atoms with Gasteiger partial charge in [-0.05, 0) is 68.1 Å². The van der Waals surface area contributed by atoms with Crippen LogP contribution in [0.5, 0.6) is 0 Å². The molecule has 3 fully saturated rings. The molecule has 0 amide bonds. The van der Waals surface area contributed by atoms with Crippen molar-refractivity contribution in [1.29, 1.82) is 0 Å². The first-order valence-corrected chi connectivity index (χ1v) is 12.4. The molecule has 0 radical (unpaired) electrons. The van der Waals surface area contributed by atoms with Crippen LogP contribution in [0.4, 0.5) is 0 Å². The molecule has 0 saturated heterocycles. The van der Waals surface area contributed by atoms with Crippen molar-refractivity contribution in [2.45, 2.75) is 71.1 Å². The van der Waals surface area contributed by atoms with Gasteiger partial charge in [-0.15, -0.1) is 11.3 Å². The summed E-state index contributed by atoms with van der Waals surface area (Å²) >= 11 is 1.97. The highest BCUT2D eigenvalue weighted by atomic mass is 32.1. The van der Waals surface area contributed by atoms with Crippen molar-refractivity contribution >= 4 is 17.1 Å². The summed E-state index contributed by atoms with van der Waals surface area (Å²) in [5.41, 5.74) is 3.03. The molecule has 4 aliphatic carbocycles. The number of thiazole rings is 1. The fourth-order valence-corrected chi connectivity index (χ4v) is 9.34. The molecule has 3 saturated carbocycles. The van der Waals surface area contributed by atoms with E-state index in [-0.39, 0.29) is 5.41 Å². The van der Waals surface area contributed by atoms with E-state index in [1.54, 1.807) is 4.88 Å².